The number of rotatable bonds is 7. The Morgan fingerprint density at radius 2 is 1.22 bits per heavy atom. The van der Waals surface area contributed by atoms with Crippen LogP contribution < -0.4 is 0 Å². The lowest BCUT2D eigenvalue weighted by atomic mass is 9.83. The molecule has 0 N–H and O–H groups in total. The predicted octanol–water partition coefficient (Wildman–Crippen LogP) is 5.14. The minimum atomic E-state index is -0.985. The van der Waals surface area contributed by atoms with Crippen LogP contribution in [0.5, 0.6) is 0 Å². The zero-order valence-corrected chi connectivity index (χ0v) is 16.6. The molecule has 144 valence electrons. The van der Waals surface area contributed by atoms with Crippen LogP contribution in [0.15, 0.2) is 60.7 Å². The van der Waals surface area contributed by atoms with Gasteiger partial charge >= 0.3 is 11.9 Å². The molecule has 4 nitrogen and oxygen atoms in total. The van der Waals surface area contributed by atoms with E-state index in [1.807, 2.05) is 19.1 Å². The van der Waals surface area contributed by atoms with E-state index in [4.69, 9.17) is 9.47 Å². The van der Waals surface area contributed by atoms with Gasteiger partial charge in [-0.05, 0) is 49.9 Å². The van der Waals surface area contributed by atoms with Crippen LogP contribution >= 0.6 is 0 Å². The van der Waals surface area contributed by atoms with Crippen molar-refractivity contribution in [2.45, 2.75) is 46.3 Å². The van der Waals surface area contributed by atoms with E-state index in [-0.39, 0.29) is 11.8 Å². The molecule has 0 radical (unpaired) electrons. The van der Waals surface area contributed by atoms with E-state index in [2.05, 4.69) is 13.8 Å². The summed E-state index contributed by atoms with van der Waals surface area (Å²) < 4.78 is 11.6. The van der Waals surface area contributed by atoms with Crippen molar-refractivity contribution in [3.63, 3.8) is 0 Å². The molecule has 2 rings (SSSR count). The van der Waals surface area contributed by atoms with Gasteiger partial charge in [-0.2, -0.15) is 0 Å². The van der Waals surface area contributed by atoms with E-state index in [1.165, 1.54) is 0 Å². The van der Waals surface area contributed by atoms with E-state index in [0.29, 0.717) is 11.1 Å². The summed E-state index contributed by atoms with van der Waals surface area (Å²) in [5.41, 5.74) is -0.0410. The van der Waals surface area contributed by atoms with Gasteiger partial charge in [0.15, 0.2) is 0 Å². The fourth-order valence-electron chi connectivity index (χ4n) is 2.92. The summed E-state index contributed by atoms with van der Waals surface area (Å²) >= 11 is 0. The summed E-state index contributed by atoms with van der Waals surface area (Å²) in [6.07, 6.45) is -0.585. The van der Waals surface area contributed by atoms with Crippen molar-refractivity contribution < 1.29 is 19.1 Å². The average Bonchev–Trinajstić information content (AvgIpc) is 2.66. The summed E-state index contributed by atoms with van der Waals surface area (Å²) in [5, 5.41) is 0. The smallest absolute Gasteiger partial charge is 0.338 e. The van der Waals surface area contributed by atoms with E-state index >= 15 is 0 Å². The van der Waals surface area contributed by atoms with Crippen molar-refractivity contribution in [2.24, 2.45) is 11.8 Å². The lowest BCUT2D eigenvalue weighted by Gasteiger charge is -2.38. The molecule has 0 spiro atoms. The molecule has 0 saturated heterocycles. The van der Waals surface area contributed by atoms with Crippen LogP contribution in [0.25, 0.3) is 0 Å². The van der Waals surface area contributed by atoms with Gasteiger partial charge in [-0.1, -0.05) is 57.2 Å². The molecule has 0 saturated carbocycles. The number of ether oxygens (including phenoxy) is 2. The molecule has 4 heteroatoms. The first-order valence-corrected chi connectivity index (χ1v) is 9.27. The second-order valence-electron chi connectivity index (χ2n) is 7.65. The number of esters is 2. The fourth-order valence-corrected chi connectivity index (χ4v) is 2.92. The van der Waals surface area contributed by atoms with Gasteiger partial charge in [0.25, 0.3) is 0 Å². The molecule has 0 aliphatic carbocycles. The highest BCUT2D eigenvalue weighted by molar-refractivity contribution is 5.90. The molecule has 2 aromatic rings. The Hall–Kier alpha value is -2.62. The van der Waals surface area contributed by atoms with Crippen LogP contribution in [-0.2, 0) is 9.47 Å². The normalized spacial score (nSPS) is 13.7. The lowest BCUT2D eigenvalue weighted by Crippen LogP contribution is -2.48. The largest absolute Gasteiger partial charge is 0.454 e. The Kier molecular flexibility index (Phi) is 6.78. The molecular weight excluding hydrogens is 340 g/mol. The van der Waals surface area contributed by atoms with Crippen molar-refractivity contribution in [3.8, 4) is 0 Å². The number of hydrogen-bond acceptors (Lipinski definition) is 4. The molecule has 0 heterocycles. The number of carbonyl (C=O) groups excluding carboxylic acids is 2. The quantitative estimate of drug-likeness (QED) is 0.635. The number of hydrogen-bond donors (Lipinski definition) is 0. The zero-order chi connectivity index (χ0) is 20.0. The first-order valence-electron chi connectivity index (χ1n) is 9.27. The first kappa shape index (κ1) is 20.7. The van der Waals surface area contributed by atoms with Crippen LogP contribution in [0.1, 0.15) is 55.3 Å². The molecule has 0 fully saturated rings. The van der Waals surface area contributed by atoms with E-state index < -0.39 is 23.6 Å². The molecule has 0 bridgehead atoms. The van der Waals surface area contributed by atoms with Crippen molar-refractivity contribution >= 4 is 11.9 Å². The molecule has 2 atom stereocenters. The minimum absolute atomic E-state index is 0.00349. The number of benzene rings is 2. The Balaban J connectivity index is 2.23. The molecule has 0 aromatic heterocycles. The SMILES string of the molecule is CC(C)C(C)C(OC(=O)c1ccccc1)C(C)(C)OC(=O)c1ccccc1. The van der Waals surface area contributed by atoms with E-state index in [0.717, 1.165) is 0 Å². The van der Waals surface area contributed by atoms with Crippen LogP contribution in [0.2, 0.25) is 0 Å². The van der Waals surface area contributed by atoms with Gasteiger partial charge in [-0.15, -0.1) is 0 Å². The third kappa shape index (κ3) is 5.43. The van der Waals surface area contributed by atoms with Crippen molar-refractivity contribution in [2.75, 3.05) is 0 Å². The predicted molar refractivity (Wildman–Crippen MR) is 106 cm³/mol. The Morgan fingerprint density at radius 3 is 1.67 bits per heavy atom. The molecule has 27 heavy (non-hydrogen) atoms. The Bertz CT molecular complexity index is 750. The summed E-state index contributed by atoms with van der Waals surface area (Å²) in [4.78, 5) is 25.2. The van der Waals surface area contributed by atoms with Crippen molar-refractivity contribution in [1.82, 2.24) is 0 Å². The van der Waals surface area contributed by atoms with Crippen LogP contribution in [0, 0.1) is 11.8 Å². The molecule has 0 amide bonds. The van der Waals surface area contributed by atoms with Crippen LogP contribution in [0.3, 0.4) is 0 Å². The van der Waals surface area contributed by atoms with Gasteiger partial charge in [-0.25, -0.2) is 9.59 Å². The minimum Gasteiger partial charge on any atom is -0.454 e. The summed E-state index contributed by atoms with van der Waals surface area (Å²) in [7, 11) is 0. The van der Waals surface area contributed by atoms with Crippen molar-refractivity contribution in [1.29, 1.82) is 0 Å². The maximum Gasteiger partial charge on any atom is 0.338 e. The van der Waals surface area contributed by atoms with Crippen LogP contribution in [-0.4, -0.2) is 23.6 Å². The highest BCUT2D eigenvalue weighted by atomic mass is 16.6. The van der Waals surface area contributed by atoms with E-state index in [9.17, 15) is 9.59 Å². The molecular formula is C23H28O4. The Morgan fingerprint density at radius 1 is 0.778 bits per heavy atom. The Labute approximate surface area is 161 Å². The van der Waals surface area contributed by atoms with Crippen LogP contribution in [0.4, 0.5) is 0 Å². The second-order valence-corrected chi connectivity index (χ2v) is 7.65. The summed E-state index contributed by atoms with van der Waals surface area (Å²) in [5.74, 6) is -0.612. The maximum atomic E-state index is 12.6. The van der Waals surface area contributed by atoms with E-state index in [1.54, 1.807) is 62.4 Å². The maximum absolute atomic E-state index is 12.6. The zero-order valence-electron chi connectivity index (χ0n) is 16.6. The molecule has 0 aliphatic rings. The van der Waals surface area contributed by atoms with Gasteiger partial charge in [-0.3, -0.25) is 0 Å². The lowest BCUT2D eigenvalue weighted by molar-refractivity contribution is -0.103. The van der Waals surface area contributed by atoms with Gasteiger partial charge in [0.2, 0.25) is 0 Å². The van der Waals surface area contributed by atoms with Gasteiger partial charge in [0.05, 0.1) is 11.1 Å². The fraction of sp³-hybridized carbons (Fsp3) is 0.391. The van der Waals surface area contributed by atoms with Gasteiger partial charge in [0.1, 0.15) is 11.7 Å². The van der Waals surface area contributed by atoms with Gasteiger partial charge in [0, 0.05) is 0 Å². The average molecular weight is 368 g/mol. The third-order valence-corrected chi connectivity index (χ3v) is 4.82. The standard InChI is InChI=1S/C23H28O4/c1-16(2)17(3)20(26-21(24)18-12-8-6-9-13-18)23(4,5)27-22(25)19-14-10-7-11-15-19/h6-17,20H,1-5H3. The highest BCUT2D eigenvalue weighted by Crippen LogP contribution is 2.31. The number of carbonyl (C=O) groups is 2. The topological polar surface area (TPSA) is 52.6 Å². The summed E-state index contributed by atoms with van der Waals surface area (Å²) in [6, 6.07) is 17.7. The monoisotopic (exact) mass is 368 g/mol. The third-order valence-electron chi connectivity index (χ3n) is 4.82. The molecule has 2 unspecified atom stereocenters. The second kappa shape index (κ2) is 8.85. The first-order chi connectivity index (χ1) is 12.7. The summed E-state index contributed by atoms with van der Waals surface area (Å²) in [6.45, 7) is 9.70. The highest BCUT2D eigenvalue weighted by Gasteiger charge is 2.41. The van der Waals surface area contributed by atoms with Crippen molar-refractivity contribution in [3.05, 3.63) is 71.8 Å². The molecule has 0 aliphatic heterocycles. The molecule has 2 aromatic carbocycles. The van der Waals surface area contributed by atoms with Gasteiger partial charge < -0.3 is 9.47 Å².